The quantitative estimate of drug-likeness (QED) is 0.191. The number of hydrogen-bond acceptors (Lipinski definition) is 8. The fraction of sp³-hybridized carbons (Fsp3) is 0.286. The van der Waals surface area contributed by atoms with Crippen molar-refractivity contribution in [1.82, 2.24) is 9.47 Å². The number of allylic oxidation sites excluding steroid dienone is 1. The second kappa shape index (κ2) is 14.7. The third-order valence-electron chi connectivity index (χ3n) is 7.92. The summed E-state index contributed by atoms with van der Waals surface area (Å²) in [7, 11) is 4.67. The molecule has 0 fully saturated rings. The number of carbonyl (C=O) groups excluding carboxylic acids is 1. The summed E-state index contributed by atoms with van der Waals surface area (Å²) in [6.07, 6.45) is 1.78. The van der Waals surface area contributed by atoms with Gasteiger partial charge in [-0.05, 0) is 74.9 Å². The van der Waals surface area contributed by atoms with E-state index in [9.17, 15) is 9.59 Å². The molecule has 0 bridgehead atoms. The number of benzene rings is 3. The van der Waals surface area contributed by atoms with Crippen LogP contribution in [0.3, 0.4) is 0 Å². The number of methoxy groups -OCH3 is 3. The van der Waals surface area contributed by atoms with Gasteiger partial charge in [-0.2, -0.15) is 0 Å². The topological polar surface area (TPSA) is 91.6 Å². The van der Waals surface area contributed by atoms with Crippen molar-refractivity contribution in [2.24, 2.45) is 4.99 Å². The van der Waals surface area contributed by atoms with Crippen LogP contribution in [0, 0.1) is 0 Å². The summed E-state index contributed by atoms with van der Waals surface area (Å²) in [5, 5.41) is 1.05. The minimum atomic E-state index is -0.795. The van der Waals surface area contributed by atoms with Crippen LogP contribution >= 0.6 is 34.5 Å². The Bertz CT molecular complexity index is 2030. The Balaban J connectivity index is 1.60. The summed E-state index contributed by atoms with van der Waals surface area (Å²) in [5.41, 5.74) is 2.76. The molecule has 0 spiro atoms. The predicted molar refractivity (Wildman–Crippen MR) is 185 cm³/mol. The minimum absolute atomic E-state index is 0.194. The van der Waals surface area contributed by atoms with Crippen molar-refractivity contribution in [2.45, 2.75) is 33.4 Å². The molecule has 9 nitrogen and oxygen atoms in total. The summed E-state index contributed by atoms with van der Waals surface area (Å²) in [6.45, 7) is 6.87. The van der Waals surface area contributed by atoms with Crippen LogP contribution in [-0.4, -0.2) is 49.8 Å². The van der Waals surface area contributed by atoms with Crippen LogP contribution in [0.15, 0.2) is 75.7 Å². The number of hydrogen-bond donors (Lipinski definition) is 0. The highest BCUT2D eigenvalue weighted by atomic mass is 35.5. The van der Waals surface area contributed by atoms with Crippen molar-refractivity contribution in [1.29, 1.82) is 0 Å². The van der Waals surface area contributed by atoms with Gasteiger partial charge in [0.25, 0.3) is 11.5 Å². The molecule has 1 aliphatic heterocycles. The fourth-order valence-electron chi connectivity index (χ4n) is 5.46. The van der Waals surface area contributed by atoms with Crippen molar-refractivity contribution in [2.75, 3.05) is 34.4 Å². The van der Waals surface area contributed by atoms with Gasteiger partial charge in [-0.25, -0.2) is 4.99 Å². The molecule has 0 aliphatic carbocycles. The minimum Gasteiger partial charge on any atom is -0.497 e. The number of halogens is 2. The largest absolute Gasteiger partial charge is 0.497 e. The van der Waals surface area contributed by atoms with E-state index in [1.165, 1.54) is 11.3 Å². The lowest BCUT2D eigenvalue weighted by Gasteiger charge is -2.30. The number of aromatic nitrogens is 1. The van der Waals surface area contributed by atoms with E-state index in [0.717, 1.165) is 11.1 Å². The Morgan fingerprint density at radius 3 is 2.34 bits per heavy atom. The molecule has 1 aromatic heterocycles. The zero-order valence-corrected chi connectivity index (χ0v) is 29.3. The monoisotopic (exact) mass is 695 g/mol. The fourth-order valence-corrected chi connectivity index (χ4v) is 6.97. The molecule has 246 valence electrons. The van der Waals surface area contributed by atoms with Crippen LogP contribution in [0.2, 0.25) is 10.0 Å². The molecular formula is C35H35Cl2N3O6S. The zero-order chi connectivity index (χ0) is 33.8. The molecule has 47 heavy (non-hydrogen) atoms. The van der Waals surface area contributed by atoms with Gasteiger partial charge in [0.05, 0.1) is 37.1 Å². The molecule has 4 aromatic rings. The first kappa shape index (κ1) is 34.1. The summed E-state index contributed by atoms with van der Waals surface area (Å²) in [6, 6.07) is 15.2. The van der Waals surface area contributed by atoms with Crippen molar-refractivity contribution in [3.63, 3.8) is 0 Å². The molecule has 0 N–H and O–H groups in total. The maximum Gasteiger partial charge on any atom is 0.271 e. The summed E-state index contributed by atoms with van der Waals surface area (Å²) in [5.74, 6) is 1.89. The molecule has 12 heteroatoms. The molecule has 1 atom stereocenters. The molecule has 0 unspecified atom stereocenters. The molecule has 1 amide bonds. The van der Waals surface area contributed by atoms with E-state index in [0.29, 0.717) is 72.3 Å². The first-order chi connectivity index (χ1) is 22.6. The maximum absolute atomic E-state index is 14.3. The number of likely N-dealkylation sites (N-methyl/N-ethyl adjacent to an activating group) is 1. The second-order valence-corrected chi connectivity index (χ2v) is 12.5. The Labute approximate surface area is 286 Å². The Morgan fingerprint density at radius 1 is 0.957 bits per heavy atom. The van der Waals surface area contributed by atoms with Gasteiger partial charge >= 0.3 is 0 Å². The molecule has 1 aliphatic rings. The van der Waals surface area contributed by atoms with E-state index >= 15 is 0 Å². The Hall–Kier alpha value is -4.25. The van der Waals surface area contributed by atoms with Gasteiger partial charge in [0, 0.05) is 34.3 Å². The first-order valence-electron chi connectivity index (χ1n) is 14.9. The van der Waals surface area contributed by atoms with Gasteiger partial charge < -0.3 is 23.8 Å². The number of thiazole rings is 1. The normalized spacial score (nSPS) is 14.4. The molecule has 2 heterocycles. The summed E-state index contributed by atoms with van der Waals surface area (Å²) in [4.78, 5) is 35.2. The molecular weight excluding hydrogens is 661 g/mol. The van der Waals surface area contributed by atoms with Gasteiger partial charge in [0.15, 0.2) is 16.3 Å². The van der Waals surface area contributed by atoms with Crippen LogP contribution in [0.5, 0.6) is 23.0 Å². The van der Waals surface area contributed by atoms with Crippen LogP contribution in [0.4, 0.5) is 0 Å². The SMILES string of the molecule is CCN(CC)C(=O)C1=C(C)N=c2s/c(=C/c3ccc(OCc4ccc(Cl)cc4Cl)c(OC)c3)c(=O)n2[C@@H]1c1cc(OC)ccc1OC. The van der Waals surface area contributed by atoms with Crippen LogP contribution in [0.1, 0.15) is 43.5 Å². The van der Waals surface area contributed by atoms with Crippen LogP contribution in [-0.2, 0) is 11.4 Å². The smallest absolute Gasteiger partial charge is 0.271 e. The first-order valence-corrected chi connectivity index (χ1v) is 16.5. The predicted octanol–water partition coefficient (Wildman–Crippen LogP) is 6.02. The molecule has 0 saturated carbocycles. The Kier molecular flexibility index (Phi) is 10.6. The molecule has 5 rings (SSSR count). The van der Waals surface area contributed by atoms with Gasteiger partial charge in [0.2, 0.25) is 0 Å². The molecule has 0 saturated heterocycles. The number of nitrogens with zero attached hydrogens (tertiary/aromatic N) is 3. The van der Waals surface area contributed by atoms with Gasteiger partial charge in [0.1, 0.15) is 24.1 Å². The average Bonchev–Trinajstić information content (AvgIpc) is 3.37. The van der Waals surface area contributed by atoms with Crippen molar-refractivity contribution in [3.8, 4) is 23.0 Å². The van der Waals surface area contributed by atoms with E-state index in [2.05, 4.69) is 0 Å². The number of carbonyl (C=O) groups is 1. The Morgan fingerprint density at radius 2 is 1.68 bits per heavy atom. The summed E-state index contributed by atoms with van der Waals surface area (Å²) >= 11 is 13.6. The van der Waals surface area contributed by atoms with Gasteiger partial charge in [-0.1, -0.05) is 46.7 Å². The van der Waals surface area contributed by atoms with E-state index in [4.69, 9.17) is 47.1 Å². The number of fused-ring (bicyclic) bond motifs is 1. The second-order valence-electron chi connectivity index (χ2n) is 10.6. The highest BCUT2D eigenvalue weighted by molar-refractivity contribution is 7.07. The van der Waals surface area contributed by atoms with Crippen LogP contribution < -0.4 is 33.8 Å². The highest BCUT2D eigenvalue weighted by Gasteiger charge is 2.36. The van der Waals surface area contributed by atoms with Crippen LogP contribution in [0.25, 0.3) is 6.08 Å². The number of rotatable bonds is 11. The lowest BCUT2D eigenvalue weighted by Crippen LogP contribution is -2.43. The average molecular weight is 697 g/mol. The lowest BCUT2D eigenvalue weighted by atomic mass is 9.93. The zero-order valence-electron chi connectivity index (χ0n) is 26.9. The van der Waals surface area contributed by atoms with E-state index in [1.54, 1.807) is 86.3 Å². The van der Waals surface area contributed by atoms with Crippen molar-refractivity contribution in [3.05, 3.63) is 112 Å². The number of ether oxygens (including phenoxy) is 4. The van der Waals surface area contributed by atoms with Gasteiger partial charge in [-0.15, -0.1) is 0 Å². The number of amides is 1. The summed E-state index contributed by atoms with van der Waals surface area (Å²) < 4.78 is 24.9. The third kappa shape index (κ3) is 6.90. The standard InChI is InChI=1S/C35H35Cl2N3O6S/c1-7-39(8-2)34(42)31-20(3)38-35-40(32(31)25-18-24(43-4)12-14-27(25)44-5)33(41)30(47-35)16-21-9-13-28(29(15-21)45-6)46-19-22-10-11-23(36)17-26(22)37/h9-18,32H,7-8,19H2,1-6H3/b30-16+/t32-/m1/s1. The van der Waals surface area contributed by atoms with E-state index in [1.807, 2.05) is 26.0 Å². The van der Waals surface area contributed by atoms with Crippen molar-refractivity contribution >= 4 is 46.5 Å². The van der Waals surface area contributed by atoms with Gasteiger partial charge in [-0.3, -0.25) is 14.2 Å². The van der Waals surface area contributed by atoms with E-state index < -0.39 is 6.04 Å². The van der Waals surface area contributed by atoms with E-state index in [-0.39, 0.29) is 18.1 Å². The maximum atomic E-state index is 14.3. The lowest BCUT2D eigenvalue weighted by molar-refractivity contribution is -0.127. The molecule has 3 aromatic carbocycles. The third-order valence-corrected chi connectivity index (χ3v) is 9.49. The van der Waals surface area contributed by atoms with Crippen molar-refractivity contribution < 1.29 is 23.7 Å². The highest BCUT2D eigenvalue weighted by Crippen LogP contribution is 2.38. The molecule has 0 radical (unpaired) electrons.